The van der Waals surface area contributed by atoms with E-state index in [0.29, 0.717) is 31.0 Å². The zero-order chi connectivity index (χ0) is 21.8. The molecule has 0 aliphatic carbocycles. The molecule has 0 spiro atoms. The first-order valence-electron chi connectivity index (χ1n) is 9.21. The van der Waals surface area contributed by atoms with E-state index < -0.39 is 17.9 Å². The van der Waals surface area contributed by atoms with Gasteiger partial charge in [-0.25, -0.2) is 4.79 Å². The maximum absolute atomic E-state index is 12.8. The van der Waals surface area contributed by atoms with E-state index >= 15 is 0 Å². The summed E-state index contributed by atoms with van der Waals surface area (Å²) in [7, 11) is 0. The molecular weight excluding hydrogens is 393 g/mol. The minimum Gasteiger partial charge on any atom is -0.486 e. The van der Waals surface area contributed by atoms with Crippen molar-refractivity contribution in [3.63, 3.8) is 0 Å². The van der Waals surface area contributed by atoms with Crippen LogP contribution in [-0.2, 0) is 14.3 Å². The Morgan fingerprint density at radius 1 is 1.34 bits per heavy atom. The van der Waals surface area contributed by atoms with Gasteiger partial charge in [0.2, 0.25) is 5.60 Å². The number of carbonyl (C=O) groups excluding carboxylic acids is 2. The van der Waals surface area contributed by atoms with Gasteiger partial charge in [-0.15, -0.1) is 0 Å². The van der Waals surface area contributed by atoms with Gasteiger partial charge in [-0.05, 0) is 45.4 Å². The predicted octanol–water partition coefficient (Wildman–Crippen LogP) is 4.34. The summed E-state index contributed by atoms with van der Waals surface area (Å²) in [6, 6.07) is 4.59. The summed E-state index contributed by atoms with van der Waals surface area (Å²) < 4.78 is 53.8. The number of nitrogens with one attached hydrogen (secondary N) is 2. The Labute approximate surface area is 166 Å². The summed E-state index contributed by atoms with van der Waals surface area (Å²) in [5.74, 6) is -0.107. The van der Waals surface area contributed by atoms with Crippen LogP contribution in [0.15, 0.2) is 18.2 Å². The second-order valence-electron chi connectivity index (χ2n) is 7.24. The van der Waals surface area contributed by atoms with Crippen LogP contribution in [0.4, 0.5) is 29.3 Å². The molecule has 1 heterocycles. The van der Waals surface area contributed by atoms with Gasteiger partial charge in [-0.2, -0.15) is 13.2 Å². The Kier molecular flexibility index (Phi) is 6.86. The molecule has 0 saturated carbocycles. The highest BCUT2D eigenvalue weighted by molar-refractivity contribution is 5.86. The monoisotopic (exact) mass is 418 g/mol. The number of esters is 1. The SMILES string of the molecule is CCOC(=O)[C@@H](C)C[C@H]1CNc2cc(NC(=O)OC(C)(C)C(F)(F)F)ccc2O1. The highest BCUT2D eigenvalue weighted by Crippen LogP contribution is 2.35. The summed E-state index contributed by atoms with van der Waals surface area (Å²) in [6.45, 7) is 5.78. The largest absolute Gasteiger partial charge is 0.486 e. The van der Waals surface area contributed by atoms with Crippen molar-refractivity contribution in [2.24, 2.45) is 5.92 Å². The van der Waals surface area contributed by atoms with Crippen LogP contribution < -0.4 is 15.4 Å². The second-order valence-corrected chi connectivity index (χ2v) is 7.24. The van der Waals surface area contributed by atoms with E-state index in [2.05, 4.69) is 15.4 Å². The van der Waals surface area contributed by atoms with Gasteiger partial charge >= 0.3 is 18.2 Å². The van der Waals surface area contributed by atoms with E-state index in [0.717, 1.165) is 13.8 Å². The van der Waals surface area contributed by atoms with Gasteiger partial charge in [0, 0.05) is 5.69 Å². The minimum atomic E-state index is -4.69. The molecule has 1 aromatic carbocycles. The number of benzene rings is 1. The van der Waals surface area contributed by atoms with Crippen molar-refractivity contribution in [2.45, 2.75) is 52.0 Å². The third-order valence-corrected chi connectivity index (χ3v) is 4.38. The van der Waals surface area contributed by atoms with Gasteiger partial charge in [0.05, 0.1) is 24.8 Å². The second kappa shape index (κ2) is 8.79. The number of amides is 1. The van der Waals surface area contributed by atoms with E-state index in [1.54, 1.807) is 19.9 Å². The van der Waals surface area contributed by atoms with E-state index in [1.807, 2.05) is 0 Å². The number of fused-ring (bicyclic) bond motifs is 1. The molecule has 1 aliphatic rings. The Bertz CT molecular complexity index is 752. The van der Waals surface area contributed by atoms with Crippen LogP contribution in [0.2, 0.25) is 0 Å². The molecule has 1 amide bonds. The third-order valence-electron chi connectivity index (χ3n) is 4.38. The van der Waals surface area contributed by atoms with Crippen LogP contribution in [0, 0.1) is 5.92 Å². The first-order chi connectivity index (χ1) is 13.4. The van der Waals surface area contributed by atoms with E-state index in [4.69, 9.17) is 9.47 Å². The first-order valence-corrected chi connectivity index (χ1v) is 9.21. The summed E-state index contributed by atoms with van der Waals surface area (Å²) in [4.78, 5) is 23.6. The summed E-state index contributed by atoms with van der Waals surface area (Å²) in [5, 5.41) is 5.40. The molecule has 2 atom stereocenters. The van der Waals surface area contributed by atoms with Crippen molar-refractivity contribution in [3.8, 4) is 5.75 Å². The molecule has 0 saturated heterocycles. The summed E-state index contributed by atoms with van der Waals surface area (Å²) in [5.41, 5.74) is -1.80. The van der Waals surface area contributed by atoms with Crippen molar-refractivity contribution >= 4 is 23.4 Å². The molecule has 0 bridgehead atoms. The standard InChI is InChI=1S/C19H25F3N2O5/c1-5-27-16(25)11(2)8-13-10-23-14-9-12(6-7-15(14)28-13)24-17(26)29-18(3,4)19(20,21)22/h6-7,9,11,13,23H,5,8,10H2,1-4H3,(H,24,26)/t11-,13-/m0/s1. The van der Waals surface area contributed by atoms with Crippen LogP contribution in [0.1, 0.15) is 34.1 Å². The number of alkyl halides is 3. The quantitative estimate of drug-likeness (QED) is 0.669. The van der Waals surface area contributed by atoms with Gasteiger partial charge in [0.1, 0.15) is 11.9 Å². The molecule has 0 fully saturated rings. The maximum atomic E-state index is 12.8. The molecule has 7 nitrogen and oxygen atoms in total. The average Bonchev–Trinajstić information content (AvgIpc) is 2.60. The summed E-state index contributed by atoms with van der Waals surface area (Å²) >= 11 is 0. The molecule has 162 valence electrons. The van der Waals surface area contributed by atoms with E-state index in [-0.39, 0.29) is 23.7 Å². The number of ether oxygens (including phenoxy) is 3. The highest BCUT2D eigenvalue weighted by atomic mass is 19.4. The van der Waals surface area contributed by atoms with Gasteiger partial charge in [-0.3, -0.25) is 10.1 Å². The topological polar surface area (TPSA) is 85.9 Å². The molecule has 29 heavy (non-hydrogen) atoms. The minimum absolute atomic E-state index is 0.251. The number of hydrogen-bond donors (Lipinski definition) is 2. The number of anilines is 2. The van der Waals surface area contributed by atoms with Crippen LogP contribution in [0.25, 0.3) is 0 Å². The van der Waals surface area contributed by atoms with E-state index in [9.17, 15) is 22.8 Å². The van der Waals surface area contributed by atoms with Crippen molar-refractivity contribution < 1.29 is 37.0 Å². The molecule has 0 unspecified atom stereocenters. The van der Waals surface area contributed by atoms with Crippen molar-refractivity contribution in [2.75, 3.05) is 23.8 Å². The zero-order valence-corrected chi connectivity index (χ0v) is 16.7. The van der Waals surface area contributed by atoms with Crippen molar-refractivity contribution in [3.05, 3.63) is 18.2 Å². The lowest BCUT2D eigenvalue weighted by Gasteiger charge is -2.29. The fraction of sp³-hybridized carbons (Fsp3) is 0.579. The first kappa shape index (κ1) is 22.6. The molecule has 10 heteroatoms. The molecule has 2 N–H and O–H groups in total. The number of carbonyl (C=O) groups is 2. The fourth-order valence-electron chi connectivity index (χ4n) is 2.63. The molecule has 1 aliphatic heterocycles. The molecule has 1 aromatic rings. The Morgan fingerprint density at radius 2 is 2.03 bits per heavy atom. The van der Waals surface area contributed by atoms with Crippen molar-refractivity contribution in [1.82, 2.24) is 0 Å². The van der Waals surface area contributed by atoms with E-state index in [1.165, 1.54) is 12.1 Å². The average molecular weight is 418 g/mol. The van der Waals surface area contributed by atoms with Crippen LogP contribution in [0.3, 0.4) is 0 Å². The normalized spacial score (nSPS) is 17.3. The number of rotatable bonds is 6. The Morgan fingerprint density at radius 3 is 2.66 bits per heavy atom. The third kappa shape index (κ3) is 5.91. The lowest BCUT2D eigenvalue weighted by molar-refractivity contribution is -0.242. The van der Waals surface area contributed by atoms with Gasteiger partial charge in [0.15, 0.2) is 0 Å². The Hall–Kier alpha value is -2.65. The molecular formula is C19H25F3N2O5. The van der Waals surface area contributed by atoms with Crippen LogP contribution >= 0.6 is 0 Å². The maximum Gasteiger partial charge on any atom is 0.427 e. The fourth-order valence-corrected chi connectivity index (χ4v) is 2.63. The zero-order valence-electron chi connectivity index (χ0n) is 16.7. The summed E-state index contributed by atoms with van der Waals surface area (Å²) in [6.07, 6.45) is -5.70. The van der Waals surface area contributed by atoms with Crippen LogP contribution in [-0.4, -0.2) is 43.1 Å². The number of hydrogen-bond acceptors (Lipinski definition) is 6. The highest BCUT2D eigenvalue weighted by Gasteiger charge is 2.51. The van der Waals surface area contributed by atoms with Gasteiger partial charge in [-0.1, -0.05) is 6.92 Å². The lowest BCUT2D eigenvalue weighted by atomic mass is 10.0. The van der Waals surface area contributed by atoms with Crippen LogP contribution in [0.5, 0.6) is 5.75 Å². The predicted molar refractivity (Wildman–Crippen MR) is 100.0 cm³/mol. The smallest absolute Gasteiger partial charge is 0.427 e. The number of halogens is 3. The molecule has 0 radical (unpaired) electrons. The van der Waals surface area contributed by atoms with Gasteiger partial charge < -0.3 is 19.5 Å². The lowest BCUT2D eigenvalue weighted by Crippen LogP contribution is -2.44. The molecule has 0 aromatic heterocycles. The molecule has 2 rings (SSSR count). The van der Waals surface area contributed by atoms with Gasteiger partial charge in [0.25, 0.3) is 0 Å². The Balaban J connectivity index is 1.96. The van der Waals surface area contributed by atoms with Crippen molar-refractivity contribution in [1.29, 1.82) is 0 Å².